The number of ether oxygens (including phenoxy) is 2. The number of carbonyl (C=O) groups excluding carboxylic acids is 1. The molecule has 2 rings (SSSR count). The van der Waals surface area contributed by atoms with E-state index in [0.29, 0.717) is 30.3 Å². The summed E-state index contributed by atoms with van der Waals surface area (Å²) in [6, 6.07) is 5.53. The van der Waals surface area contributed by atoms with Crippen molar-refractivity contribution in [2.24, 2.45) is 0 Å². The van der Waals surface area contributed by atoms with Crippen LogP contribution in [0.15, 0.2) is 23.1 Å². The van der Waals surface area contributed by atoms with Gasteiger partial charge >= 0.3 is 0 Å². The summed E-state index contributed by atoms with van der Waals surface area (Å²) in [6.45, 7) is 6.88. The highest BCUT2D eigenvalue weighted by Crippen LogP contribution is 2.32. The molecule has 1 aromatic rings. The lowest BCUT2D eigenvalue weighted by Gasteiger charge is -2.39. The fourth-order valence-corrected chi connectivity index (χ4v) is 3.46. The lowest BCUT2D eigenvalue weighted by Crippen LogP contribution is -2.54. The fraction of sp³-hybridized carbons (Fsp3) is 0.588. The minimum atomic E-state index is -0.575. The number of aliphatic hydroxyl groups excluding tert-OH is 1. The Hall–Kier alpha value is -1.08. The zero-order chi connectivity index (χ0) is 16.9. The average molecular weight is 339 g/mol. The Morgan fingerprint density at radius 3 is 2.70 bits per heavy atom. The topological polar surface area (TPSA) is 59.0 Å². The lowest BCUT2D eigenvalue weighted by molar-refractivity contribution is -0.00430. The van der Waals surface area contributed by atoms with Crippen LogP contribution in [0.3, 0.4) is 0 Å². The van der Waals surface area contributed by atoms with Crippen LogP contribution in [0, 0.1) is 0 Å². The van der Waals surface area contributed by atoms with Crippen LogP contribution in [0.1, 0.15) is 24.2 Å². The number of hydrogen-bond acceptors (Lipinski definition) is 6. The van der Waals surface area contributed by atoms with Gasteiger partial charge in [-0.3, -0.25) is 9.69 Å². The van der Waals surface area contributed by atoms with Gasteiger partial charge in [-0.15, -0.1) is 11.8 Å². The first-order chi connectivity index (χ1) is 11.0. The zero-order valence-electron chi connectivity index (χ0n) is 14.0. The van der Waals surface area contributed by atoms with E-state index in [9.17, 15) is 4.79 Å². The second kappa shape index (κ2) is 8.15. The molecule has 128 valence electrons. The van der Waals surface area contributed by atoms with E-state index in [1.54, 1.807) is 13.2 Å². The van der Waals surface area contributed by atoms with Crippen molar-refractivity contribution in [3.8, 4) is 5.75 Å². The van der Waals surface area contributed by atoms with Crippen LogP contribution in [0.4, 0.5) is 0 Å². The van der Waals surface area contributed by atoms with Gasteiger partial charge < -0.3 is 14.6 Å². The Morgan fingerprint density at radius 2 is 2.09 bits per heavy atom. The summed E-state index contributed by atoms with van der Waals surface area (Å²) in [6.07, 6.45) is 0. The summed E-state index contributed by atoms with van der Waals surface area (Å²) >= 11 is 1.51. The highest BCUT2D eigenvalue weighted by atomic mass is 32.2. The molecule has 23 heavy (non-hydrogen) atoms. The highest BCUT2D eigenvalue weighted by Gasteiger charge is 2.36. The molecule has 5 nitrogen and oxygen atoms in total. The number of aliphatic hydroxyl groups is 1. The standard InChI is InChI=1S/C17H25NO4S/c1-17(2,18-6-9-22-10-7-18)16(20)13-4-5-15(23-11-8-19)14(12-13)21-3/h4-5,12,19H,6-11H2,1-3H3. The number of Topliss-reactive ketones (excluding diaryl/α,β-unsaturated/α-hetero) is 1. The smallest absolute Gasteiger partial charge is 0.182 e. The van der Waals surface area contributed by atoms with Crippen molar-refractivity contribution < 1.29 is 19.4 Å². The molecule has 0 aromatic heterocycles. The molecule has 0 radical (unpaired) electrons. The molecule has 1 aromatic carbocycles. The van der Waals surface area contributed by atoms with Crippen LogP contribution in [0.5, 0.6) is 5.75 Å². The number of nitrogens with zero attached hydrogens (tertiary/aromatic N) is 1. The molecule has 1 aliphatic heterocycles. The van der Waals surface area contributed by atoms with Crippen LogP contribution in [0.25, 0.3) is 0 Å². The summed E-state index contributed by atoms with van der Waals surface area (Å²) in [4.78, 5) is 16.1. The summed E-state index contributed by atoms with van der Waals surface area (Å²) < 4.78 is 10.8. The van der Waals surface area contributed by atoms with Crippen LogP contribution in [0.2, 0.25) is 0 Å². The number of carbonyl (C=O) groups is 1. The first-order valence-electron chi connectivity index (χ1n) is 7.80. The Bertz CT molecular complexity index is 541. The van der Waals surface area contributed by atoms with E-state index < -0.39 is 5.54 Å². The molecule has 1 saturated heterocycles. The van der Waals surface area contributed by atoms with Crippen LogP contribution in [-0.2, 0) is 4.74 Å². The third-order valence-electron chi connectivity index (χ3n) is 4.13. The number of rotatable bonds is 7. The second-order valence-corrected chi connectivity index (χ2v) is 7.06. The van der Waals surface area contributed by atoms with Gasteiger partial charge in [-0.2, -0.15) is 0 Å². The Labute approximate surface area is 142 Å². The maximum absolute atomic E-state index is 13.0. The summed E-state index contributed by atoms with van der Waals surface area (Å²) in [7, 11) is 1.60. The molecule has 0 amide bonds. The summed E-state index contributed by atoms with van der Waals surface area (Å²) in [5.74, 6) is 1.35. The number of ketones is 1. The predicted molar refractivity (Wildman–Crippen MR) is 91.6 cm³/mol. The number of methoxy groups -OCH3 is 1. The largest absolute Gasteiger partial charge is 0.496 e. The Balaban J connectivity index is 2.20. The van der Waals surface area contributed by atoms with Gasteiger partial charge in [0.05, 0.1) is 32.5 Å². The van der Waals surface area contributed by atoms with E-state index in [2.05, 4.69) is 4.90 Å². The van der Waals surface area contributed by atoms with Gasteiger partial charge in [-0.05, 0) is 32.0 Å². The maximum Gasteiger partial charge on any atom is 0.182 e. The fourth-order valence-electron chi connectivity index (χ4n) is 2.70. The van der Waals surface area contributed by atoms with E-state index in [1.165, 1.54) is 11.8 Å². The van der Waals surface area contributed by atoms with E-state index in [-0.39, 0.29) is 12.4 Å². The SMILES string of the molecule is COc1cc(C(=O)C(C)(C)N2CCOCC2)ccc1SCCO. The normalized spacial score (nSPS) is 16.3. The third kappa shape index (κ3) is 4.26. The van der Waals surface area contributed by atoms with E-state index >= 15 is 0 Å². The molecule has 0 aliphatic carbocycles. The van der Waals surface area contributed by atoms with E-state index in [4.69, 9.17) is 14.6 Å². The second-order valence-electron chi connectivity index (χ2n) is 5.93. The van der Waals surface area contributed by atoms with Crippen molar-refractivity contribution in [2.75, 3.05) is 45.8 Å². The van der Waals surface area contributed by atoms with Gasteiger partial charge in [0.25, 0.3) is 0 Å². The van der Waals surface area contributed by atoms with Gasteiger partial charge in [-0.25, -0.2) is 0 Å². The molecule has 6 heteroatoms. The minimum absolute atomic E-state index is 0.0800. The van der Waals surface area contributed by atoms with Crippen molar-refractivity contribution in [3.63, 3.8) is 0 Å². The van der Waals surface area contributed by atoms with E-state index in [0.717, 1.165) is 18.0 Å². The van der Waals surface area contributed by atoms with Crippen LogP contribution >= 0.6 is 11.8 Å². The monoisotopic (exact) mass is 339 g/mol. The van der Waals surface area contributed by atoms with Gasteiger partial charge in [-0.1, -0.05) is 0 Å². The molecule has 0 unspecified atom stereocenters. The molecule has 0 bridgehead atoms. The number of morpholine rings is 1. The number of thioether (sulfide) groups is 1. The summed E-state index contributed by atoms with van der Waals surface area (Å²) in [5, 5.41) is 8.95. The van der Waals surface area contributed by atoms with Gasteiger partial charge in [0, 0.05) is 29.3 Å². The zero-order valence-corrected chi connectivity index (χ0v) is 14.8. The van der Waals surface area contributed by atoms with Gasteiger partial charge in [0.2, 0.25) is 0 Å². The molecule has 1 aliphatic rings. The van der Waals surface area contributed by atoms with E-state index in [1.807, 2.05) is 26.0 Å². The van der Waals surface area contributed by atoms with Crippen molar-refractivity contribution in [3.05, 3.63) is 23.8 Å². The molecule has 0 atom stereocenters. The quantitative estimate of drug-likeness (QED) is 0.606. The van der Waals surface area contributed by atoms with Gasteiger partial charge in [0.15, 0.2) is 5.78 Å². The average Bonchev–Trinajstić information content (AvgIpc) is 2.59. The minimum Gasteiger partial charge on any atom is -0.496 e. The molecule has 0 spiro atoms. The lowest BCUT2D eigenvalue weighted by atomic mass is 9.91. The molecule has 1 N–H and O–H groups in total. The molecular weight excluding hydrogens is 314 g/mol. The molecule has 1 fully saturated rings. The maximum atomic E-state index is 13.0. The van der Waals surface area contributed by atoms with Crippen molar-refractivity contribution in [1.29, 1.82) is 0 Å². The predicted octanol–water partition coefficient (Wildman–Crippen LogP) is 2.07. The number of benzene rings is 1. The Kier molecular flexibility index (Phi) is 6.47. The molecular formula is C17H25NO4S. The summed E-state index contributed by atoms with van der Waals surface area (Å²) in [5.41, 5.74) is 0.0702. The first kappa shape index (κ1) is 18.3. The van der Waals surface area contributed by atoms with Crippen molar-refractivity contribution >= 4 is 17.5 Å². The first-order valence-corrected chi connectivity index (χ1v) is 8.78. The number of hydrogen-bond donors (Lipinski definition) is 1. The molecule has 0 saturated carbocycles. The van der Waals surface area contributed by atoms with Gasteiger partial charge in [0.1, 0.15) is 5.75 Å². The van der Waals surface area contributed by atoms with Crippen LogP contribution < -0.4 is 4.74 Å². The van der Waals surface area contributed by atoms with Crippen molar-refractivity contribution in [2.45, 2.75) is 24.3 Å². The van der Waals surface area contributed by atoms with Crippen LogP contribution in [-0.4, -0.2) is 67.1 Å². The Morgan fingerprint density at radius 1 is 1.39 bits per heavy atom. The third-order valence-corrected chi connectivity index (χ3v) is 5.17. The molecule has 1 heterocycles. The highest BCUT2D eigenvalue weighted by molar-refractivity contribution is 7.99. The van der Waals surface area contributed by atoms with Crippen molar-refractivity contribution in [1.82, 2.24) is 4.90 Å².